The second kappa shape index (κ2) is 5.47. The molecule has 0 spiro atoms. The first-order valence-corrected chi connectivity index (χ1v) is 4.75. The van der Waals surface area contributed by atoms with Gasteiger partial charge in [0.1, 0.15) is 11.6 Å². The van der Waals surface area contributed by atoms with Crippen LogP contribution in [0.5, 0.6) is 0 Å². The van der Waals surface area contributed by atoms with Crippen molar-refractivity contribution in [1.29, 1.82) is 0 Å². The normalized spacial score (nSPS) is 11.7. The monoisotopic (exact) mass is 209 g/mol. The van der Waals surface area contributed by atoms with E-state index in [4.69, 9.17) is 5.73 Å². The third kappa shape index (κ3) is 3.34. The van der Waals surface area contributed by atoms with Gasteiger partial charge in [-0.1, -0.05) is 6.07 Å². The van der Waals surface area contributed by atoms with Crippen molar-refractivity contribution in [2.45, 2.75) is 25.8 Å². The van der Waals surface area contributed by atoms with E-state index in [0.717, 1.165) is 6.07 Å². The lowest BCUT2D eigenvalue weighted by Gasteiger charge is -2.11. The molecule has 1 unspecified atom stereocenters. The zero-order chi connectivity index (χ0) is 11.3. The molecule has 15 heavy (non-hydrogen) atoms. The van der Waals surface area contributed by atoms with Gasteiger partial charge < -0.3 is 5.73 Å². The standard InChI is InChI=1S/C12H13F2N/c1-2-3-4-5-12(15)10-7-6-9(13)8-11(10)14/h6-8,12H,4-5,15H2,1H3. The molecule has 0 saturated heterocycles. The van der Waals surface area contributed by atoms with Crippen molar-refractivity contribution in [2.24, 2.45) is 5.73 Å². The molecule has 0 fully saturated rings. The second-order valence-electron chi connectivity index (χ2n) is 3.24. The summed E-state index contributed by atoms with van der Waals surface area (Å²) < 4.78 is 25.9. The molecule has 1 atom stereocenters. The summed E-state index contributed by atoms with van der Waals surface area (Å²) in [6.07, 6.45) is 1.19. The van der Waals surface area contributed by atoms with Gasteiger partial charge in [0, 0.05) is 24.1 Å². The maximum absolute atomic E-state index is 13.3. The number of nitrogens with two attached hydrogens (primary N) is 1. The van der Waals surface area contributed by atoms with Gasteiger partial charge in [0.25, 0.3) is 0 Å². The third-order valence-electron chi connectivity index (χ3n) is 2.12. The summed E-state index contributed by atoms with van der Waals surface area (Å²) in [7, 11) is 0. The average molecular weight is 209 g/mol. The second-order valence-corrected chi connectivity index (χ2v) is 3.24. The number of hydrogen-bond acceptors (Lipinski definition) is 1. The van der Waals surface area contributed by atoms with E-state index in [9.17, 15) is 8.78 Å². The first-order valence-electron chi connectivity index (χ1n) is 4.75. The Kier molecular flexibility index (Phi) is 4.26. The number of rotatable bonds is 3. The highest BCUT2D eigenvalue weighted by molar-refractivity contribution is 5.22. The maximum atomic E-state index is 13.3. The molecule has 0 aliphatic rings. The van der Waals surface area contributed by atoms with Gasteiger partial charge >= 0.3 is 0 Å². The van der Waals surface area contributed by atoms with Crippen LogP contribution in [0.1, 0.15) is 31.4 Å². The molecular formula is C12H13F2N. The van der Waals surface area contributed by atoms with Crippen molar-refractivity contribution >= 4 is 0 Å². The minimum atomic E-state index is -0.591. The molecular weight excluding hydrogens is 196 g/mol. The Morgan fingerprint density at radius 2 is 2.13 bits per heavy atom. The summed E-state index contributed by atoms with van der Waals surface area (Å²) in [5.74, 6) is 4.42. The lowest BCUT2D eigenvalue weighted by atomic mass is 10.0. The van der Waals surface area contributed by atoms with Crippen LogP contribution in [0, 0.1) is 23.5 Å². The molecule has 0 aliphatic carbocycles. The van der Waals surface area contributed by atoms with Crippen LogP contribution in [0.3, 0.4) is 0 Å². The molecule has 0 saturated carbocycles. The predicted octanol–water partition coefficient (Wildman–Crippen LogP) is 2.77. The van der Waals surface area contributed by atoms with E-state index in [-0.39, 0.29) is 0 Å². The molecule has 80 valence electrons. The van der Waals surface area contributed by atoms with E-state index >= 15 is 0 Å². The van der Waals surface area contributed by atoms with Crippen molar-refractivity contribution in [3.63, 3.8) is 0 Å². The quantitative estimate of drug-likeness (QED) is 0.761. The summed E-state index contributed by atoms with van der Waals surface area (Å²) in [6.45, 7) is 1.74. The van der Waals surface area contributed by atoms with Gasteiger partial charge in [0.15, 0.2) is 0 Å². The van der Waals surface area contributed by atoms with E-state index in [0.29, 0.717) is 18.4 Å². The predicted molar refractivity (Wildman–Crippen MR) is 56.0 cm³/mol. The Bertz CT molecular complexity index is 390. The van der Waals surface area contributed by atoms with Crippen LogP contribution in [0.15, 0.2) is 18.2 Å². The van der Waals surface area contributed by atoms with Crippen molar-refractivity contribution in [3.8, 4) is 11.8 Å². The van der Waals surface area contributed by atoms with Crippen molar-refractivity contribution < 1.29 is 8.78 Å². The summed E-state index contributed by atoms with van der Waals surface area (Å²) >= 11 is 0. The molecule has 1 rings (SSSR count). The Balaban J connectivity index is 2.71. The van der Waals surface area contributed by atoms with Gasteiger partial charge in [-0.05, 0) is 19.4 Å². The molecule has 3 heteroatoms. The van der Waals surface area contributed by atoms with Crippen LogP contribution >= 0.6 is 0 Å². The van der Waals surface area contributed by atoms with Crippen LogP contribution in [0.4, 0.5) is 8.78 Å². The Labute approximate surface area is 88.3 Å². The highest BCUT2D eigenvalue weighted by atomic mass is 19.1. The number of hydrogen-bond donors (Lipinski definition) is 1. The molecule has 2 N–H and O–H groups in total. The molecule has 0 bridgehead atoms. The maximum Gasteiger partial charge on any atom is 0.130 e. The zero-order valence-corrected chi connectivity index (χ0v) is 8.56. The Morgan fingerprint density at radius 3 is 2.73 bits per heavy atom. The van der Waals surface area contributed by atoms with E-state index in [1.165, 1.54) is 12.1 Å². The lowest BCUT2D eigenvalue weighted by Crippen LogP contribution is -2.11. The van der Waals surface area contributed by atoms with Crippen LogP contribution in [-0.4, -0.2) is 0 Å². The van der Waals surface area contributed by atoms with Crippen molar-refractivity contribution in [1.82, 2.24) is 0 Å². The molecule has 1 nitrogen and oxygen atoms in total. The van der Waals surface area contributed by atoms with E-state index in [2.05, 4.69) is 11.8 Å². The third-order valence-corrected chi connectivity index (χ3v) is 2.12. The Morgan fingerprint density at radius 1 is 1.40 bits per heavy atom. The molecule has 0 aromatic heterocycles. The van der Waals surface area contributed by atoms with Crippen molar-refractivity contribution in [3.05, 3.63) is 35.4 Å². The fourth-order valence-corrected chi connectivity index (χ4v) is 1.31. The fourth-order valence-electron chi connectivity index (χ4n) is 1.31. The smallest absolute Gasteiger partial charge is 0.130 e. The van der Waals surface area contributed by atoms with Crippen molar-refractivity contribution in [2.75, 3.05) is 0 Å². The first-order chi connectivity index (χ1) is 7.15. The largest absolute Gasteiger partial charge is 0.324 e. The molecule has 0 heterocycles. The van der Waals surface area contributed by atoms with Gasteiger partial charge in [-0.3, -0.25) is 0 Å². The van der Waals surface area contributed by atoms with Gasteiger partial charge in [0.2, 0.25) is 0 Å². The average Bonchev–Trinajstić information content (AvgIpc) is 2.17. The lowest BCUT2D eigenvalue weighted by molar-refractivity contribution is 0.546. The summed E-state index contributed by atoms with van der Waals surface area (Å²) in [5.41, 5.74) is 6.10. The summed E-state index contributed by atoms with van der Waals surface area (Å²) in [5, 5.41) is 0. The topological polar surface area (TPSA) is 26.0 Å². The zero-order valence-electron chi connectivity index (χ0n) is 8.56. The van der Waals surface area contributed by atoms with Gasteiger partial charge in [0.05, 0.1) is 0 Å². The fraction of sp³-hybridized carbons (Fsp3) is 0.333. The first kappa shape index (κ1) is 11.7. The molecule has 1 aromatic rings. The summed E-state index contributed by atoms with van der Waals surface area (Å²) in [4.78, 5) is 0. The Hall–Kier alpha value is -1.40. The van der Waals surface area contributed by atoms with Gasteiger partial charge in [-0.2, -0.15) is 0 Å². The highest BCUT2D eigenvalue weighted by Gasteiger charge is 2.11. The molecule has 1 aromatic carbocycles. The van der Waals surface area contributed by atoms with Gasteiger partial charge in [-0.25, -0.2) is 8.78 Å². The van der Waals surface area contributed by atoms with Crippen LogP contribution in [0.25, 0.3) is 0 Å². The summed E-state index contributed by atoms with van der Waals surface area (Å²) in [6, 6.07) is 3.02. The van der Waals surface area contributed by atoms with E-state index in [1.807, 2.05) is 0 Å². The van der Waals surface area contributed by atoms with Crippen LogP contribution in [0.2, 0.25) is 0 Å². The molecule has 0 amide bonds. The molecule has 0 aliphatic heterocycles. The minimum absolute atomic E-state index is 0.342. The minimum Gasteiger partial charge on any atom is -0.324 e. The van der Waals surface area contributed by atoms with Crippen LogP contribution in [-0.2, 0) is 0 Å². The van der Waals surface area contributed by atoms with E-state index in [1.54, 1.807) is 6.92 Å². The highest BCUT2D eigenvalue weighted by Crippen LogP contribution is 2.19. The SMILES string of the molecule is CC#CCCC(N)c1ccc(F)cc1F. The van der Waals surface area contributed by atoms with Gasteiger partial charge in [-0.15, -0.1) is 11.8 Å². The van der Waals surface area contributed by atoms with Crippen LogP contribution < -0.4 is 5.73 Å². The number of halogens is 2. The van der Waals surface area contributed by atoms with E-state index < -0.39 is 17.7 Å². The number of benzene rings is 1. The molecule has 0 radical (unpaired) electrons.